The van der Waals surface area contributed by atoms with Crippen LogP contribution in [0.1, 0.15) is 112 Å². The minimum atomic E-state index is -2.99. The molecule has 2 atom stereocenters. The molecule has 4 heteroatoms. The lowest BCUT2D eigenvalue weighted by atomic mass is 10.1. The van der Waals surface area contributed by atoms with Gasteiger partial charge in [0, 0.05) is 0 Å². The summed E-state index contributed by atoms with van der Waals surface area (Å²) in [6, 6.07) is 0. The van der Waals surface area contributed by atoms with Crippen molar-refractivity contribution in [3.05, 3.63) is 0 Å². The van der Waals surface area contributed by atoms with Crippen molar-refractivity contribution < 1.29 is 13.6 Å². The molecular weight excluding hydrogens is 319 g/mol. The van der Waals surface area contributed by atoms with Crippen LogP contribution in [0.4, 0.5) is 0 Å². The molecule has 0 N–H and O–H groups in total. The second-order valence-corrected chi connectivity index (χ2v) is 9.10. The highest BCUT2D eigenvalue weighted by molar-refractivity contribution is 7.53. The molecule has 2 unspecified atom stereocenters. The predicted octanol–water partition coefficient (Wildman–Crippen LogP) is 7.73. The van der Waals surface area contributed by atoms with Crippen LogP contribution in [0, 0.1) is 0 Å². The third-order valence-electron chi connectivity index (χ3n) is 4.39. The van der Waals surface area contributed by atoms with Crippen molar-refractivity contribution in [1.29, 1.82) is 0 Å². The van der Waals surface area contributed by atoms with Gasteiger partial charge in [0.2, 0.25) is 0 Å². The lowest BCUT2D eigenvalue weighted by Gasteiger charge is -2.28. The van der Waals surface area contributed by atoms with Crippen molar-refractivity contribution in [2.24, 2.45) is 0 Å². The first-order valence-corrected chi connectivity index (χ1v) is 12.2. The van der Waals surface area contributed by atoms with Gasteiger partial charge in [0.15, 0.2) is 0 Å². The van der Waals surface area contributed by atoms with Crippen molar-refractivity contribution in [3.8, 4) is 0 Å². The molecule has 0 aromatic heterocycles. The van der Waals surface area contributed by atoms with Crippen molar-refractivity contribution in [3.63, 3.8) is 0 Å². The number of unbranched alkanes of at least 4 members (excludes halogenated alkanes) is 3. The predicted molar refractivity (Wildman–Crippen MR) is 106 cm³/mol. The molecule has 0 radical (unpaired) electrons. The first-order chi connectivity index (χ1) is 11.5. The van der Waals surface area contributed by atoms with E-state index in [1.807, 2.05) is 0 Å². The van der Waals surface area contributed by atoms with Gasteiger partial charge >= 0.3 is 7.60 Å². The van der Waals surface area contributed by atoms with E-state index in [2.05, 4.69) is 34.6 Å². The first-order valence-electron chi connectivity index (χ1n) is 10.5. The van der Waals surface area contributed by atoms with Crippen LogP contribution in [0.5, 0.6) is 0 Å². The van der Waals surface area contributed by atoms with Crippen molar-refractivity contribution >= 4 is 7.60 Å². The molecule has 0 heterocycles. The quantitative estimate of drug-likeness (QED) is 0.248. The Bertz CT molecular complexity index is 296. The normalized spacial score (nSPS) is 16.7. The highest BCUT2D eigenvalue weighted by atomic mass is 31.2. The van der Waals surface area contributed by atoms with Gasteiger partial charge in [0.25, 0.3) is 0 Å². The van der Waals surface area contributed by atoms with E-state index < -0.39 is 7.60 Å². The number of hydrogen-bond acceptors (Lipinski definition) is 3. The van der Waals surface area contributed by atoms with E-state index in [0.29, 0.717) is 6.16 Å². The van der Waals surface area contributed by atoms with E-state index >= 15 is 0 Å². The molecule has 0 aromatic carbocycles. The largest absolute Gasteiger partial charge is 0.331 e. The van der Waals surface area contributed by atoms with Crippen molar-refractivity contribution in [1.82, 2.24) is 0 Å². The Morgan fingerprint density at radius 2 is 1.04 bits per heavy atom. The SMILES string of the molecule is CCCCC(CCC)OP(=O)(CCCC)OC(CCC)CCCC. The van der Waals surface area contributed by atoms with Crippen molar-refractivity contribution in [2.75, 3.05) is 6.16 Å². The minimum Gasteiger partial charge on any atom is -0.305 e. The Balaban J connectivity index is 4.94. The van der Waals surface area contributed by atoms with Gasteiger partial charge in [-0.1, -0.05) is 79.6 Å². The Kier molecular flexibility index (Phi) is 15.5. The lowest BCUT2D eigenvalue weighted by molar-refractivity contribution is 0.0936. The van der Waals surface area contributed by atoms with Crippen LogP contribution < -0.4 is 0 Å². The first kappa shape index (κ1) is 24.1. The molecule has 0 saturated carbocycles. The van der Waals surface area contributed by atoms with E-state index in [-0.39, 0.29) is 12.2 Å². The van der Waals surface area contributed by atoms with Crippen LogP contribution in [0.15, 0.2) is 0 Å². The maximum absolute atomic E-state index is 13.4. The Hall–Kier alpha value is 0.150. The third-order valence-corrected chi connectivity index (χ3v) is 6.49. The fraction of sp³-hybridized carbons (Fsp3) is 1.00. The molecule has 0 amide bonds. The Morgan fingerprint density at radius 1 is 0.625 bits per heavy atom. The molecule has 0 rings (SSSR count). The summed E-state index contributed by atoms with van der Waals surface area (Å²) in [7, 11) is -2.99. The van der Waals surface area contributed by atoms with E-state index in [0.717, 1.165) is 77.0 Å². The fourth-order valence-electron chi connectivity index (χ4n) is 2.94. The fourth-order valence-corrected chi connectivity index (χ4v) is 5.24. The van der Waals surface area contributed by atoms with Gasteiger partial charge in [-0.15, -0.1) is 0 Å². The monoisotopic (exact) mass is 362 g/mol. The van der Waals surface area contributed by atoms with Crippen molar-refractivity contribution in [2.45, 2.75) is 124 Å². The molecule has 0 aliphatic carbocycles. The molecule has 3 nitrogen and oxygen atoms in total. The zero-order valence-electron chi connectivity index (χ0n) is 17.0. The summed E-state index contributed by atoms with van der Waals surface area (Å²) in [5.74, 6) is 0. The van der Waals surface area contributed by atoms with Gasteiger partial charge in [-0.3, -0.25) is 4.57 Å². The number of hydrogen-bond donors (Lipinski definition) is 0. The molecule has 0 aliphatic heterocycles. The molecule has 24 heavy (non-hydrogen) atoms. The van der Waals surface area contributed by atoms with Crippen LogP contribution in [-0.4, -0.2) is 18.4 Å². The average Bonchev–Trinajstić information content (AvgIpc) is 2.56. The lowest BCUT2D eigenvalue weighted by Crippen LogP contribution is -2.18. The highest BCUT2D eigenvalue weighted by Crippen LogP contribution is 2.53. The molecular formula is C20H43O3P. The van der Waals surface area contributed by atoms with E-state index in [1.165, 1.54) is 0 Å². The van der Waals surface area contributed by atoms with Gasteiger partial charge < -0.3 is 9.05 Å². The van der Waals surface area contributed by atoms with Crippen LogP contribution in [0.25, 0.3) is 0 Å². The highest BCUT2D eigenvalue weighted by Gasteiger charge is 2.31. The van der Waals surface area contributed by atoms with Gasteiger partial charge in [-0.2, -0.15) is 0 Å². The van der Waals surface area contributed by atoms with Crippen LogP contribution in [0.3, 0.4) is 0 Å². The van der Waals surface area contributed by atoms with E-state index in [9.17, 15) is 4.57 Å². The molecule has 146 valence electrons. The maximum Gasteiger partial charge on any atom is 0.331 e. The van der Waals surface area contributed by atoms with Gasteiger partial charge in [-0.25, -0.2) is 0 Å². The molecule has 0 bridgehead atoms. The number of rotatable bonds is 17. The Morgan fingerprint density at radius 3 is 1.38 bits per heavy atom. The van der Waals surface area contributed by atoms with Gasteiger partial charge in [-0.05, 0) is 32.1 Å². The zero-order valence-corrected chi connectivity index (χ0v) is 17.9. The van der Waals surface area contributed by atoms with E-state index in [1.54, 1.807) is 0 Å². The summed E-state index contributed by atoms with van der Waals surface area (Å²) < 4.78 is 25.8. The average molecular weight is 363 g/mol. The zero-order chi connectivity index (χ0) is 18.3. The summed E-state index contributed by atoms with van der Waals surface area (Å²) in [5, 5.41) is 0. The third kappa shape index (κ3) is 11.7. The van der Waals surface area contributed by atoms with Gasteiger partial charge in [0.1, 0.15) is 0 Å². The van der Waals surface area contributed by atoms with E-state index in [4.69, 9.17) is 9.05 Å². The van der Waals surface area contributed by atoms with Gasteiger partial charge in [0.05, 0.1) is 18.4 Å². The minimum absolute atomic E-state index is 0.0890. The molecule has 0 fully saturated rings. The summed E-state index contributed by atoms with van der Waals surface area (Å²) >= 11 is 0. The van der Waals surface area contributed by atoms with Crippen LogP contribution >= 0.6 is 7.60 Å². The maximum atomic E-state index is 13.4. The smallest absolute Gasteiger partial charge is 0.305 e. The second-order valence-electron chi connectivity index (χ2n) is 7.00. The molecule has 0 aliphatic rings. The second kappa shape index (κ2) is 15.4. The summed E-state index contributed by atoms with van der Waals surface area (Å²) in [5.41, 5.74) is 0. The standard InChI is InChI=1S/C20H43O3P/c1-6-11-16-19(14-9-4)22-24(21,18-13-8-3)23-20(15-10-5)17-12-7-2/h19-20H,6-18H2,1-5H3. The summed E-state index contributed by atoms with van der Waals surface area (Å²) in [6.07, 6.45) is 13.3. The van der Waals surface area contributed by atoms with Crippen LogP contribution in [0.2, 0.25) is 0 Å². The topological polar surface area (TPSA) is 35.5 Å². The molecule has 0 saturated heterocycles. The summed E-state index contributed by atoms with van der Waals surface area (Å²) in [6.45, 7) is 10.9. The van der Waals surface area contributed by atoms with Crippen LogP contribution in [-0.2, 0) is 13.6 Å². The summed E-state index contributed by atoms with van der Waals surface area (Å²) in [4.78, 5) is 0. The molecule has 0 aromatic rings. The molecule has 0 spiro atoms. The Labute approximate surface area is 151 Å².